The van der Waals surface area contributed by atoms with Gasteiger partial charge in [-0.2, -0.15) is 0 Å². The number of nitrogens with one attached hydrogen (secondary N) is 2. The number of halogens is 1. The monoisotopic (exact) mass is 340 g/mol. The lowest BCUT2D eigenvalue weighted by atomic mass is 9.79. The Kier molecular flexibility index (Phi) is 6.49. The van der Waals surface area contributed by atoms with Crippen molar-refractivity contribution in [1.29, 1.82) is 0 Å². The lowest BCUT2D eigenvalue weighted by molar-refractivity contribution is -0.124. The molecule has 1 fully saturated rings. The average molecular weight is 341 g/mol. The molecule has 0 atom stereocenters. The van der Waals surface area contributed by atoms with Crippen molar-refractivity contribution in [1.82, 2.24) is 10.6 Å². The zero-order chi connectivity index (χ0) is 16.4. The zero-order valence-corrected chi connectivity index (χ0v) is 15.5. The van der Waals surface area contributed by atoms with E-state index in [-0.39, 0.29) is 42.0 Å². The quantitative estimate of drug-likeness (QED) is 0.884. The maximum absolute atomic E-state index is 12.2. The molecule has 1 amide bonds. The molecule has 1 aliphatic rings. The van der Waals surface area contributed by atoms with Crippen LogP contribution in [0.2, 0.25) is 0 Å². The van der Waals surface area contributed by atoms with Crippen molar-refractivity contribution in [3.63, 3.8) is 0 Å². The van der Waals surface area contributed by atoms with Crippen molar-refractivity contribution in [3.8, 4) is 5.75 Å². The molecule has 0 radical (unpaired) electrons. The first-order valence-corrected chi connectivity index (χ1v) is 7.94. The maximum atomic E-state index is 12.2. The standard InChI is InChI=1S/C18H28N2O2.ClH/c1-13-8-6-7-9-15(13)22-12-16(21)19-14-10-17(2,3)20-18(4,5)11-14;/h6-9,14,20H,10-12H2,1-5H3,(H,19,21);1H. The number of hydrogen-bond acceptors (Lipinski definition) is 3. The summed E-state index contributed by atoms with van der Waals surface area (Å²) in [5, 5.41) is 6.73. The first-order chi connectivity index (χ1) is 10.2. The van der Waals surface area contributed by atoms with Crippen molar-refractivity contribution < 1.29 is 9.53 Å². The van der Waals surface area contributed by atoms with Crippen molar-refractivity contribution >= 4 is 18.3 Å². The largest absolute Gasteiger partial charge is 0.484 e. The van der Waals surface area contributed by atoms with E-state index in [1.165, 1.54) is 0 Å². The SMILES string of the molecule is Cc1ccccc1OCC(=O)NC1CC(C)(C)NC(C)(C)C1.Cl. The van der Waals surface area contributed by atoms with Crippen LogP contribution in [0.1, 0.15) is 46.1 Å². The van der Waals surface area contributed by atoms with Crippen LogP contribution in [0.25, 0.3) is 0 Å². The first kappa shape index (κ1) is 19.8. The van der Waals surface area contributed by atoms with E-state index in [0.717, 1.165) is 24.2 Å². The van der Waals surface area contributed by atoms with Gasteiger partial charge in [-0.1, -0.05) is 18.2 Å². The fraction of sp³-hybridized carbons (Fsp3) is 0.611. The van der Waals surface area contributed by atoms with Crippen LogP contribution < -0.4 is 15.4 Å². The molecule has 2 rings (SSSR count). The summed E-state index contributed by atoms with van der Waals surface area (Å²) >= 11 is 0. The van der Waals surface area contributed by atoms with E-state index in [9.17, 15) is 4.79 Å². The number of amides is 1. The third-order valence-corrected chi connectivity index (χ3v) is 4.01. The summed E-state index contributed by atoms with van der Waals surface area (Å²) in [5.74, 6) is 0.713. The lowest BCUT2D eigenvalue weighted by Crippen LogP contribution is -2.62. The van der Waals surface area contributed by atoms with Gasteiger partial charge in [0.15, 0.2) is 6.61 Å². The van der Waals surface area contributed by atoms with Gasteiger partial charge in [0.25, 0.3) is 5.91 Å². The second kappa shape index (κ2) is 7.54. The second-order valence-electron chi connectivity index (χ2n) is 7.62. The molecule has 0 bridgehead atoms. The van der Waals surface area contributed by atoms with Crippen LogP contribution in [0.15, 0.2) is 24.3 Å². The number of hydrogen-bond donors (Lipinski definition) is 2. The highest BCUT2D eigenvalue weighted by Crippen LogP contribution is 2.28. The zero-order valence-electron chi connectivity index (χ0n) is 14.7. The van der Waals surface area contributed by atoms with Gasteiger partial charge >= 0.3 is 0 Å². The van der Waals surface area contributed by atoms with Gasteiger partial charge in [-0.25, -0.2) is 0 Å². The Hall–Kier alpha value is -1.26. The summed E-state index contributed by atoms with van der Waals surface area (Å²) in [4.78, 5) is 12.2. The fourth-order valence-electron chi connectivity index (χ4n) is 3.56. The van der Waals surface area contributed by atoms with E-state index in [1.54, 1.807) is 0 Å². The molecule has 0 saturated carbocycles. The van der Waals surface area contributed by atoms with Crippen molar-refractivity contribution in [3.05, 3.63) is 29.8 Å². The predicted octanol–water partition coefficient (Wildman–Crippen LogP) is 3.22. The Morgan fingerprint density at radius 2 is 1.78 bits per heavy atom. The molecule has 0 spiro atoms. The van der Waals surface area contributed by atoms with Gasteiger partial charge in [-0.15, -0.1) is 12.4 Å². The summed E-state index contributed by atoms with van der Waals surface area (Å²) in [6, 6.07) is 7.92. The van der Waals surface area contributed by atoms with Crippen LogP contribution in [0.3, 0.4) is 0 Å². The molecule has 4 nitrogen and oxygen atoms in total. The van der Waals surface area contributed by atoms with E-state index >= 15 is 0 Å². The molecule has 1 aromatic rings. The molecule has 23 heavy (non-hydrogen) atoms. The molecular formula is C18H29ClN2O2. The third-order valence-electron chi connectivity index (χ3n) is 4.01. The van der Waals surface area contributed by atoms with Crippen LogP contribution in [0, 0.1) is 6.92 Å². The minimum atomic E-state index is -0.0539. The lowest BCUT2D eigenvalue weighted by Gasteiger charge is -2.46. The second-order valence-corrected chi connectivity index (χ2v) is 7.62. The number of carbonyl (C=O) groups is 1. The fourth-order valence-corrected chi connectivity index (χ4v) is 3.56. The Balaban J connectivity index is 0.00000264. The summed E-state index contributed by atoms with van der Waals surface area (Å²) in [6.07, 6.45) is 1.85. The van der Waals surface area contributed by atoms with E-state index < -0.39 is 0 Å². The molecule has 1 heterocycles. The Labute approximate surface area is 145 Å². The molecule has 1 saturated heterocycles. The van der Waals surface area contributed by atoms with E-state index in [4.69, 9.17) is 4.74 Å². The highest BCUT2D eigenvalue weighted by molar-refractivity contribution is 5.85. The van der Waals surface area contributed by atoms with Gasteiger partial charge in [0.1, 0.15) is 5.75 Å². The Morgan fingerprint density at radius 3 is 2.35 bits per heavy atom. The summed E-state index contributed by atoms with van der Waals surface area (Å²) < 4.78 is 5.62. The van der Waals surface area contributed by atoms with Crippen molar-refractivity contribution in [2.45, 2.75) is 64.6 Å². The average Bonchev–Trinajstić information content (AvgIpc) is 2.33. The highest BCUT2D eigenvalue weighted by atomic mass is 35.5. The van der Waals surface area contributed by atoms with Crippen molar-refractivity contribution in [2.75, 3.05) is 6.61 Å². The summed E-state index contributed by atoms with van der Waals surface area (Å²) in [7, 11) is 0. The topological polar surface area (TPSA) is 50.4 Å². The smallest absolute Gasteiger partial charge is 0.258 e. The maximum Gasteiger partial charge on any atom is 0.258 e. The molecule has 2 N–H and O–H groups in total. The third kappa shape index (κ3) is 6.04. The van der Waals surface area contributed by atoms with Gasteiger partial charge in [-0.05, 0) is 59.1 Å². The Bertz CT molecular complexity index is 528. The minimum Gasteiger partial charge on any atom is -0.484 e. The molecule has 5 heteroatoms. The Morgan fingerprint density at radius 1 is 1.22 bits per heavy atom. The number of rotatable bonds is 4. The van der Waals surface area contributed by atoms with Gasteiger partial charge in [0.05, 0.1) is 0 Å². The van der Waals surface area contributed by atoms with Gasteiger partial charge in [0.2, 0.25) is 0 Å². The van der Waals surface area contributed by atoms with E-state index in [1.807, 2.05) is 31.2 Å². The van der Waals surface area contributed by atoms with Crippen LogP contribution in [0.4, 0.5) is 0 Å². The number of benzene rings is 1. The van der Waals surface area contributed by atoms with E-state index in [2.05, 4.69) is 38.3 Å². The molecule has 0 unspecified atom stereocenters. The number of aryl methyl sites for hydroxylation is 1. The van der Waals surface area contributed by atoms with Crippen LogP contribution in [-0.2, 0) is 4.79 Å². The molecule has 1 aliphatic heterocycles. The molecule has 1 aromatic carbocycles. The van der Waals surface area contributed by atoms with Crippen LogP contribution >= 0.6 is 12.4 Å². The number of carbonyl (C=O) groups excluding carboxylic acids is 1. The van der Waals surface area contributed by atoms with Gasteiger partial charge < -0.3 is 15.4 Å². The number of ether oxygens (including phenoxy) is 1. The molecule has 0 aliphatic carbocycles. The highest BCUT2D eigenvalue weighted by Gasteiger charge is 2.38. The molecule has 130 valence electrons. The first-order valence-electron chi connectivity index (χ1n) is 7.94. The summed E-state index contributed by atoms with van der Waals surface area (Å²) in [5.41, 5.74) is 1.09. The van der Waals surface area contributed by atoms with Crippen LogP contribution in [0.5, 0.6) is 5.75 Å². The van der Waals surface area contributed by atoms with Gasteiger partial charge in [-0.3, -0.25) is 4.79 Å². The van der Waals surface area contributed by atoms with E-state index in [0.29, 0.717) is 0 Å². The molecular weight excluding hydrogens is 312 g/mol. The normalized spacial score (nSPS) is 19.5. The minimum absolute atomic E-state index is 0. The molecule has 0 aromatic heterocycles. The van der Waals surface area contributed by atoms with Crippen LogP contribution in [-0.4, -0.2) is 29.6 Å². The number of para-hydroxylation sites is 1. The van der Waals surface area contributed by atoms with Gasteiger partial charge in [0, 0.05) is 17.1 Å². The number of piperidine rings is 1. The summed E-state index contributed by atoms with van der Waals surface area (Å²) in [6.45, 7) is 10.8. The predicted molar refractivity (Wildman–Crippen MR) is 96.4 cm³/mol. The van der Waals surface area contributed by atoms with Crippen molar-refractivity contribution in [2.24, 2.45) is 0 Å².